The van der Waals surface area contributed by atoms with E-state index in [1.807, 2.05) is 74.8 Å². The summed E-state index contributed by atoms with van der Waals surface area (Å²) in [4.78, 5) is 13.5. The fourth-order valence-corrected chi connectivity index (χ4v) is 5.72. The molecular formula is C43H35IrN3O-2. The zero-order valence-electron chi connectivity index (χ0n) is 27.6. The molecule has 1 radical (unpaired) electrons. The van der Waals surface area contributed by atoms with Crippen LogP contribution in [0.2, 0.25) is 0 Å². The number of fused-ring (bicyclic) bond motifs is 4. The van der Waals surface area contributed by atoms with E-state index in [2.05, 4.69) is 109 Å². The number of hydrogen-bond acceptors (Lipinski definition) is 4. The molecule has 0 saturated carbocycles. The number of aryl methyl sites for hydroxylation is 2. The first-order valence-electron chi connectivity index (χ1n) is 15.8. The Morgan fingerprint density at radius 1 is 0.667 bits per heavy atom. The third-order valence-electron chi connectivity index (χ3n) is 8.39. The van der Waals surface area contributed by atoms with Crippen molar-refractivity contribution in [1.29, 1.82) is 0 Å². The molecule has 4 aromatic heterocycles. The standard InChI is InChI=1S/C31H25N2O.C12H10N.Ir/c1-19-8-13-26-25-6-5-7-27(29(25)34-30(26)33-19)28-18-23(14-15-32-28)20-9-10-22-17-24(31(2,3)4)12-11-21(22)16-20;1-10-7-8-12(13-9-10)11-5-3-2-4-6-11;/h5-6,8-18H,1-4H3;2-5,7-9H,1H3;/q2*-1;. The van der Waals surface area contributed by atoms with Crippen molar-refractivity contribution in [2.75, 3.05) is 0 Å². The molecule has 0 N–H and O–H groups in total. The van der Waals surface area contributed by atoms with Crippen molar-refractivity contribution in [3.05, 3.63) is 151 Å². The second-order valence-corrected chi connectivity index (χ2v) is 13.0. The Balaban J connectivity index is 0.000000241. The van der Waals surface area contributed by atoms with Gasteiger partial charge in [-0.05, 0) is 87.9 Å². The van der Waals surface area contributed by atoms with Crippen molar-refractivity contribution in [3.63, 3.8) is 0 Å². The average Bonchev–Trinajstić information content (AvgIpc) is 3.46. The molecule has 4 aromatic carbocycles. The van der Waals surface area contributed by atoms with Crippen molar-refractivity contribution in [2.45, 2.75) is 40.0 Å². The quantitative estimate of drug-likeness (QED) is 0.167. The summed E-state index contributed by atoms with van der Waals surface area (Å²) in [5, 5.41) is 4.53. The summed E-state index contributed by atoms with van der Waals surface area (Å²) in [7, 11) is 0. The summed E-state index contributed by atoms with van der Waals surface area (Å²) in [5.41, 5.74) is 11.0. The minimum atomic E-state index is 0. The molecule has 48 heavy (non-hydrogen) atoms. The molecule has 0 fully saturated rings. The normalized spacial score (nSPS) is 11.3. The monoisotopic (exact) mass is 802 g/mol. The number of benzene rings is 4. The van der Waals surface area contributed by atoms with E-state index in [0.29, 0.717) is 5.71 Å². The van der Waals surface area contributed by atoms with Gasteiger partial charge in [-0.25, -0.2) is 4.98 Å². The van der Waals surface area contributed by atoms with Crippen LogP contribution in [0.15, 0.2) is 126 Å². The summed E-state index contributed by atoms with van der Waals surface area (Å²) in [6.45, 7) is 10.7. The molecule has 0 aliphatic rings. The van der Waals surface area contributed by atoms with E-state index in [0.717, 1.165) is 55.7 Å². The van der Waals surface area contributed by atoms with E-state index in [-0.39, 0.29) is 25.5 Å². The Kier molecular flexibility index (Phi) is 9.37. The van der Waals surface area contributed by atoms with Gasteiger partial charge < -0.3 is 14.4 Å². The van der Waals surface area contributed by atoms with Gasteiger partial charge in [-0.15, -0.1) is 54.1 Å². The molecule has 5 heteroatoms. The summed E-state index contributed by atoms with van der Waals surface area (Å²) in [6, 6.07) is 44.0. The fraction of sp³-hybridized carbons (Fsp3) is 0.140. The van der Waals surface area contributed by atoms with Crippen LogP contribution in [-0.4, -0.2) is 15.0 Å². The SMILES string of the molecule is Cc1ccc(-c2[c-]cccc2)nc1.Cc1ccc2c(n1)oc1c(-c3cc(-c4ccc5cc(C(C)(C)C)ccc5c4)ccn3)[c-]ccc12.[Ir]. The molecule has 4 heterocycles. The van der Waals surface area contributed by atoms with E-state index in [9.17, 15) is 0 Å². The summed E-state index contributed by atoms with van der Waals surface area (Å²) >= 11 is 0. The minimum absolute atomic E-state index is 0. The first kappa shape index (κ1) is 33.0. The molecular weight excluding hydrogens is 767 g/mol. The number of nitrogens with zero attached hydrogens (tertiary/aromatic N) is 3. The molecule has 0 aliphatic carbocycles. The van der Waals surface area contributed by atoms with Crippen molar-refractivity contribution >= 4 is 32.8 Å². The molecule has 8 rings (SSSR count). The number of aromatic nitrogens is 3. The minimum Gasteiger partial charge on any atom is -0.486 e. The molecule has 8 aromatic rings. The van der Waals surface area contributed by atoms with E-state index >= 15 is 0 Å². The number of furan rings is 1. The summed E-state index contributed by atoms with van der Waals surface area (Å²) in [5.74, 6) is 0. The van der Waals surface area contributed by atoms with Crippen LogP contribution in [-0.2, 0) is 25.5 Å². The van der Waals surface area contributed by atoms with E-state index < -0.39 is 0 Å². The first-order valence-corrected chi connectivity index (χ1v) is 15.8. The third kappa shape index (κ3) is 6.85. The number of pyridine rings is 3. The van der Waals surface area contributed by atoms with Gasteiger partial charge in [0.15, 0.2) is 0 Å². The van der Waals surface area contributed by atoms with Crippen LogP contribution in [0.3, 0.4) is 0 Å². The maximum absolute atomic E-state index is 6.18. The number of rotatable bonds is 3. The van der Waals surface area contributed by atoms with Crippen LogP contribution in [0.5, 0.6) is 0 Å². The second kappa shape index (κ2) is 13.6. The zero-order valence-corrected chi connectivity index (χ0v) is 30.0. The van der Waals surface area contributed by atoms with E-state index in [1.165, 1.54) is 21.9 Å². The van der Waals surface area contributed by atoms with Crippen molar-refractivity contribution in [2.24, 2.45) is 0 Å². The molecule has 0 spiro atoms. The van der Waals surface area contributed by atoms with Crippen LogP contribution < -0.4 is 0 Å². The summed E-state index contributed by atoms with van der Waals surface area (Å²) in [6.07, 6.45) is 3.73. The van der Waals surface area contributed by atoms with Crippen LogP contribution >= 0.6 is 0 Å². The molecule has 4 nitrogen and oxygen atoms in total. The van der Waals surface area contributed by atoms with E-state index in [1.54, 1.807) is 0 Å². The predicted molar refractivity (Wildman–Crippen MR) is 193 cm³/mol. The Morgan fingerprint density at radius 3 is 2.25 bits per heavy atom. The van der Waals surface area contributed by atoms with Crippen molar-refractivity contribution in [1.82, 2.24) is 15.0 Å². The van der Waals surface area contributed by atoms with Gasteiger partial charge in [0.25, 0.3) is 0 Å². The fourth-order valence-electron chi connectivity index (χ4n) is 5.72. The first-order chi connectivity index (χ1) is 22.7. The third-order valence-corrected chi connectivity index (χ3v) is 8.39. The van der Waals surface area contributed by atoms with Crippen LogP contribution in [0.4, 0.5) is 0 Å². The van der Waals surface area contributed by atoms with Crippen LogP contribution in [0, 0.1) is 26.0 Å². The van der Waals surface area contributed by atoms with Crippen molar-refractivity contribution in [3.8, 4) is 33.6 Å². The van der Waals surface area contributed by atoms with Crippen molar-refractivity contribution < 1.29 is 24.5 Å². The zero-order chi connectivity index (χ0) is 32.5. The van der Waals surface area contributed by atoms with Crippen LogP contribution in [0.25, 0.3) is 66.5 Å². The van der Waals surface area contributed by atoms with Crippen LogP contribution in [0.1, 0.15) is 37.6 Å². The van der Waals surface area contributed by atoms with Gasteiger partial charge in [-0.1, -0.05) is 80.3 Å². The van der Waals surface area contributed by atoms with Gasteiger partial charge >= 0.3 is 0 Å². The van der Waals surface area contributed by atoms with Gasteiger partial charge in [-0.2, -0.15) is 0 Å². The maximum atomic E-state index is 6.18. The summed E-state index contributed by atoms with van der Waals surface area (Å²) < 4.78 is 6.18. The Labute approximate surface area is 295 Å². The molecule has 0 amide bonds. The smallest absolute Gasteiger partial charge is 0.216 e. The molecule has 0 aliphatic heterocycles. The Morgan fingerprint density at radius 2 is 1.48 bits per heavy atom. The predicted octanol–water partition coefficient (Wildman–Crippen LogP) is 11.1. The number of hydrogen-bond donors (Lipinski definition) is 0. The molecule has 0 saturated heterocycles. The topological polar surface area (TPSA) is 51.8 Å². The Hall–Kier alpha value is -4.96. The largest absolute Gasteiger partial charge is 0.486 e. The molecule has 239 valence electrons. The molecule has 0 atom stereocenters. The van der Waals surface area contributed by atoms with Gasteiger partial charge in [-0.3, -0.25) is 0 Å². The molecule has 0 bridgehead atoms. The average molecular weight is 802 g/mol. The van der Waals surface area contributed by atoms with Gasteiger partial charge in [0.2, 0.25) is 5.71 Å². The molecule has 0 unspecified atom stereocenters. The van der Waals surface area contributed by atoms with Gasteiger partial charge in [0.1, 0.15) is 0 Å². The Bertz CT molecular complexity index is 2350. The second-order valence-electron chi connectivity index (χ2n) is 13.0. The van der Waals surface area contributed by atoms with E-state index in [4.69, 9.17) is 4.42 Å². The van der Waals surface area contributed by atoms with Gasteiger partial charge in [0, 0.05) is 43.6 Å². The van der Waals surface area contributed by atoms with Gasteiger partial charge in [0.05, 0.1) is 5.58 Å². The maximum Gasteiger partial charge on any atom is 0.216 e.